The standard InChI is InChI=1S/C15H23NO2/c1-13(9-11-17)12-16-10-5-7-14-6-3-4-8-15(14)18-2/h3-8,13,16-17H,9-12H2,1-2H3. The van der Waals surface area contributed by atoms with Crippen LogP contribution in [0.3, 0.4) is 0 Å². The maximum atomic E-state index is 8.79. The lowest BCUT2D eigenvalue weighted by Gasteiger charge is -2.09. The van der Waals surface area contributed by atoms with Crippen molar-refractivity contribution in [2.45, 2.75) is 13.3 Å². The smallest absolute Gasteiger partial charge is 0.126 e. The van der Waals surface area contributed by atoms with Crippen molar-refractivity contribution in [2.24, 2.45) is 5.92 Å². The third-order valence-corrected chi connectivity index (χ3v) is 2.81. The highest BCUT2D eigenvalue weighted by Crippen LogP contribution is 2.18. The summed E-state index contributed by atoms with van der Waals surface area (Å²) in [6.45, 7) is 4.15. The average molecular weight is 249 g/mol. The van der Waals surface area contributed by atoms with Crippen LogP contribution in [-0.4, -0.2) is 31.9 Å². The van der Waals surface area contributed by atoms with Crippen LogP contribution in [0.5, 0.6) is 5.75 Å². The first kappa shape index (κ1) is 14.7. The molecule has 1 aromatic rings. The van der Waals surface area contributed by atoms with Crippen molar-refractivity contribution in [1.29, 1.82) is 0 Å². The largest absolute Gasteiger partial charge is 0.496 e. The number of para-hydroxylation sites is 1. The van der Waals surface area contributed by atoms with E-state index in [1.807, 2.05) is 24.3 Å². The van der Waals surface area contributed by atoms with E-state index < -0.39 is 0 Å². The summed E-state index contributed by atoms with van der Waals surface area (Å²) in [5.41, 5.74) is 1.09. The summed E-state index contributed by atoms with van der Waals surface area (Å²) < 4.78 is 5.27. The molecule has 3 nitrogen and oxygen atoms in total. The molecule has 0 spiro atoms. The van der Waals surface area contributed by atoms with Gasteiger partial charge in [-0.1, -0.05) is 37.3 Å². The van der Waals surface area contributed by atoms with Gasteiger partial charge in [0.2, 0.25) is 0 Å². The molecule has 3 heteroatoms. The lowest BCUT2D eigenvalue weighted by atomic mass is 10.1. The minimum atomic E-state index is 0.264. The Bertz CT molecular complexity index is 363. The molecule has 0 aliphatic heterocycles. The highest BCUT2D eigenvalue weighted by molar-refractivity contribution is 5.57. The Morgan fingerprint density at radius 1 is 1.39 bits per heavy atom. The molecule has 1 atom stereocenters. The van der Waals surface area contributed by atoms with E-state index in [-0.39, 0.29) is 6.61 Å². The molecule has 2 N–H and O–H groups in total. The maximum Gasteiger partial charge on any atom is 0.126 e. The van der Waals surface area contributed by atoms with Gasteiger partial charge in [-0.15, -0.1) is 0 Å². The number of rotatable bonds is 8. The number of hydrogen-bond donors (Lipinski definition) is 2. The first-order chi connectivity index (χ1) is 8.77. The summed E-state index contributed by atoms with van der Waals surface area (Å²) in [5, 5.41) is 12.1. The topological polar surface area (TPSA) is 41.5 Å². The molecule has 18 heavy (non-hydrogen) atoms. The Morgan fingerprint density at radius 3 is 2.89 bits per heavy atom. The second kappa shape index (κ2) is 8.72. The second-order valence-electron chi connectivity index (χ2n) is 4.42. The second-order valence-corrected chi connectivity index (χ2v) is 4.42. The quantitative estimate of drug-likeness (QED) is 0.695. The molecule has 1 aromatic carbocycles. The van der Waals surface area contributed by atoms with Crippen molar-refractivity contribution in [2.75, 3.05) is 26.8 Å². The summed E-state index contributed by atoms with van der Waals surface area (Å²) in [6, 6.07) is 7.95. The minimum Gasteiger partial charge on any atom is -0.496 e. The fraction of sp³-hybridized carbons (Fsp3) is 0.467. The zero-order valence-corrected chi connectivity index (χ0v) is 11.2. The molecule has 0 fully saturated rings. The zero-order chi connectivity index (χ0) is 13.2. The number of methoxy groups -OCH3 is 1. The first-order valence-corrected chi connectivity index (χ1v) is 6.39. The van der Waals surface area contributed by atoms with Crippen molar-refractivity contribution in [3.63, 3.8) is 0 Å². The summed E-state index contributed by atoms with van der Waals surface area (Å²) >= 11 is 0. The van der Waals surface area contributed by atoms with Crippen LogP contribution >= 0.6 is 0 Å². The number of ether oxygens (including phenoxy) is 1. The van der Waals surface area contributed by atoms with Gasteiger partial charge in [0.25, 0.3) is 0 Å². The van der Waals surface area contributed by atoms with Crippen LogP contribution in [0, 0.1) is 5.92 Å². The van der Waals surface area contributed by atoms with Gasteiger partial charge in [0.1, 0.15) is 5.75 Å². The number of aliphatic hydroxyl groups excluding tert-OH is 1. The van der Waals surface area contributed by atoms with Gasteiger partial charge >= 0.3 is 0 Å². The van der Waals surface area contributed by atoms with E-state index in [4.69, 9.17) is 9.84 Å². The molecule has 0 saturated heterocycles. The highest BCUT2D eigenvalue weighted by Gasteiger charge is 1.99. The average Bonchev–Trinajstić information content (AvgIpc) is 2.39. The van der Waals surface area contributed by atoms with Gasteiger partial charge in [0.05, 0.1) is 7.11 Å². The van der Waals surface area contributed by atoms with Crippen molar-refractivity contribution in [3.05, 3.63) is 35.9 Å². The summed E-state index contributed by atoms with van der Waals surface area (Å²) in [6.07, 6.45) is 5.00. The van der Waals surface area contributed by atoms with Gasteiger partial charge in [-0.25, -0.2) is 0 Å². The van der Waals surface area contributed by atoms with E-state index in [0.717, 1.165) is 30.8 Å². The molecule has 0 aliphatic rings. The number of benzene rings is 1. The highest BCUT2D eigenvalue weighted by atomic mass is 16.5. The third kappa shape index (κ3) is 5.34. The first-order valence-electron chi connectivity index (χ1n) is 6.39. The van der Waals surface area contributed by atoms with Crippen LogP contribution in [0.25, 0.3) is 6.08 Å². The molecule has 0 bridgehead atoms. The summed E-state index contributed by atoms with van der Waals surface area (Å²) in [7, 11) is 1.68. The minimum absolute atomic E-state index is 0.264. The molecule has 0 saturated carbocycles. The van der Waals surface area contributed by atoms with Crippen LogP contribution in [0.1, 0.15) is 18.9 Å². The molecule has 0 radical (unpaired) electrons. The number of hydrogen-bond acceptors (Lipinski definition) is 3. The number of nitrogens with one attached hydrogen (secondary N) is 1. The van der Waals surface area contributed by atoms with Gasteiger partial charge < -0.3 is 15.2 Å². The van der Waals surface area contributed by atoms with E-state index in [0.29, 0.717) is 5.92 Å². The molecule has 0 heterocycles. The van der Waals surface area contributed by atoms with Crippen molar-refractivity contribution < 1.29 is 9.84 Å². The lowest BCUT2D eigenvalue weighted by molar-refractivity contribution is 0.261. The Labute approximate surface area is 109 Å². The van der Waals surface area contributed by atoms with Gasteiger partial charge in [-0.2, -0.15) is 0 Å². The van der Waals surface area contributed by atoms with E-state index >= 15 is 0 Å². The van der Waals surface area contributed by atoms with Crippen LogP contribution in [0.2, 0.25) is 0 Å². The van der Waals surface area contributed by atoms with E-state index in [2.05, 4.69) is 24.4 Å². The molecule has 1 rings (SSSR count). The monoisotopic (exact) mass is 249 g/mol. The molecule has 0 amide bonds. The van der Waals surface area contributed by atoms with Crippen molar-refractivity contribution in [3.8, 4) is 5.75 Å². The molecule has 100 valence electrons. The van der Waals surface area contributed by atoms with Crippen molar-refractivity contribution >= 4 is 6.08 Å². The van der Waals surface area contributed by atoms with Crippen molar-refractivity contribution in [1.82, 2.24) is 5.32 Å². The van der Waals surface area contributed by atoms with Gasteiger partial charge in [0, 0.05) is 18.7 Å². The Morgan fingerprint density at radius 2 is 2.17 bits per heavy atom. The number of aliphatic hydroxyl groups is 1. The Balaban J connectivity index is 2.32. The van der Waals surface area contributed by atoms with Gasteiger partial charge in [-0.3, -0.25) is 0 Å². The third-order valence-electron chi connectivity index (χ3n) is 2.81. The van der Waals surface area contributed by atoms with Crippen LogP contribution in [0.4, 0.5) is 0 Å². The predicted octanol–water partition coefficient (Wildman–Crippen LogP) is 2.32. The lowest BCUT2D eigenvalue weighted by Crippen LogP contribution is -2.21. The normalized spacial score (nSPS) is 12.8. The van der Waals surface area contributed by atoms with E-state index in [1.165, 1.54) is 0 Å². The molecular weight excluding hydrogens is 226 g/mol. The summed E-state index contributed by atoms with van der Waals surface area (Å²) in [5.74, 6) is 1.40. The Kier molecular flexibility index (Phi) is 7.14. The van der Waals surface area contributed by atoms with Crippen LogP contribution < -0.4 is 10.1 Å². The van der Waals surface area contributed by atoms with Crippen LogP contribution in [0.15, 0.2) is 30.3 Å². The molecule has 1 unspecified atom stereocenters. The Hall–Kier alpha value is -1.32. The maximum absolute atomic E-state index is 8.79. The van der Waals surface area contributed by atoms with E-state index in [1.54, 1.807) is 7.11 Å². The van der Waals surface area contributed by atoms with E-state index in [9.17, 15) is 0 Å². The van der Waals surface area contributed by atoms with Gasteiger partial charge in [-0.05, 0) is 24.9 Å². The fourth-order valence-corrected chi connectivity index (χ4v) is 1.73. The van der Waals surface area contributed by atoms with Crippen LogP contribution in [-0.2, 0) is 0 Å². The predicted molar refractivity (Wildman–Crippen MR) is 75.8 cm³/mol. The zero-order valence-electron chi connectivity index (χ0n) is 11.2. The molecular formula is C15H23NO2. The SMILES string of the molecule is COc1ccccc1C=CCNCC(C)CCO. The fourth-order valence-electron chi connectivity index (χ4n) is 1.73. The summed E-state index contributed by atoms with van der Waals surface area (Å²) in [4.78, 5) is 0. The molecule has 0 aliphatic carbocycles. The molecule has 0 aromatic heterocycles. The van der Waals surface area contributed by atoms with Gasteiger partial charge in [0.15, 0.2) is 0 Å².